The van der Waals surface area contributed by atoms with E-state index in [9.17, 15) is 0 Å². The number of hydrogen-bond acceptors (Lipinski definition) is 2. The SMILES string of the molecule is C=C(CN)COC(C)C(C)C. The molecule has 1 atom stereocenters. The second kappa shape index (κ2) is 5.33. The van der Waals surface area contributed by atoms with Crippen LogP contribution in [0.1, 0.15) is 20.8 Å². The third-order valence-corrected chi connectivity index (χ3v) is 1.78. The van der Waals surface area contributed by atoms with Gasteiger partial charge in [-0.15, -0.1) is 0 Å². The van der Waals surface area contributed by atoms with Gasteiger partial charge in [-0.05, 0) is 18.4 Å². The number of hydrogen-bond donors (Lipinski definition) is 1. The van der Waals surface area contributed by atoms with Crippen LogP contribution < -0.4 is 5.73 Å². The van der Waals surface area contributed by atoms with Gasteiger partial charge in [-0.3, -0.25) is 0 Å². The molecule has 0 spiro atoms. The zero-order valence-electron chi connectivity index (χ0n) is 7.76. The molecule has 2 N–H and O–H groups in total. The fraction of sp³-hybridized carbons (Fsp3) is 0.778. The predicted octanol–water partition coefficient (Wildman–Crippen LogP) is 1.56. The highest BCUT2D eigenvalue weighted by atomic mass is 16.5. The molecule has 66 valence electrons. The number of ether oxygens (including phenoxy) is 1. The molecule has 0 aliphatic rings. The van der Waals surface area contributed by atoms with Crippen molar-refractivity contribution in [2.45, 2.75) is 26.9 Å². The molecule has 0 bridgehead atoms. The van der Waals surface area contributed by atoms with Crippen molar-refractivity contribution in [3.8, 4) is 0 Å². The lowest BCUT2D eigenvalue weighted by molar-refractivity contribution is 0.0503. The van der Waals surface area contributed by atoms with Crippen molar-refractivity contribution in [1.82, 2.24) is 0 Å². The van der Waals surface area contributed by atoms with Gasteiger partial charge in [-0.25, -0.2) is 0 Å². The molecule has 0 rings (SSSR count). The van der Waals surface area contributed by atoms with E-state index in [2.05, 4.69) is 27.4 Å². The van der Waals surface area contributed by atoms with Crippen LogP contribution >= 0.6 is 0 Å². The molecule has 0 aliphatic carbocycles. The Morgan fingerprint density at radius 3 is 2.36 bits per heavy atom. The summed E-state index contributed by atoms with van der Waals surface area (Å²) in [6, 6.07) is 0. The van der Waals surface area contributed by atoms with Gasteiger partial charge in [0.25, 0.3) is 0 Å². The Balaban J connectivity index is 3.45. The summed E-state index contributed by atoms with van der Waals surface area (Å²) >= 11 is 0. The van der Waals surface area contributed by atoms with Gasteiger partial charge in [-0.1, -0.05) is 20.4 Å². The van der Waals surface area contributed by atoms with Gasteiger partial charge in [0.15, 0.2) is 0 Å². The summed E-state index contributed by atoms with van der Waals surface area (Å²) < 4.78 is 5.48. The largest absolute Gasteiger partial charge is 0.374 e. The van der Waals surface area contributed by atoms with Gasteiger partial charge in [0.05, 0.1) is 12.7 Å². The van der Waals surface area contributed by atoms with Gasteiger partial charge < -0.3 is 10.5 Å². The molecule has 0 aromatic carbocycles. The molecule has 0 fully saturated rings. The molecule has 0 aromatic rings. The highest BCUT2D eigenvalue weighted by Gasteiger charge is 2.06. The summed E-state index contributed by atoms with van der Waals surface area (Å²) in [7, 11) is 0. The number of nitrogens with two attached hydrogens (primary N) is 1. The van der Waals surface area contributed by atoms with E-state index in [1.54, 1.807) is 0 Å². The van der Waals surface area contributed by atoms with Crippen LogP contribution in [0.3, 0.4) is 0 Å². The minimum Gasteiger partial charge on any atom is -0.374 e. The Bertz CT molecular complexity index is 121. The van der Waals surface area contributed by atoms with Crippen molar-refractivity contribution >= 4 is 0 Å². The zero-order chi connectivity index (χ0) is 8.85. The molecular weight excluding hydrogens is 138 g/mol. The first kappa shape index (κ1) is 10.7. The van der Waals surface area contributed by atoms with Crippen LogP contribution in [0.15, 0.2) is 12.2 Å². The average Bonchev–Trinajstić information content (AvgIpc) is 1.99. The first-order chi connectivity index (χ1) is 5.07. The minimum atomic E-state index is 0.290. The second-order valence-electron chi connectivity index (χ2n) is 3.21. The highest BCUT2D eigenvalue weighted by molar-refractivity contribution is 4.95. The van der Waals surface area contributed by atoms with Crippen LogP contribution in [-0.4, -0.2) is 19.3 Å². The standard InChI is InChI=1S/C9H19NO/c1-7(2)9(4)11-6-8(3)5-10/h7,9H,3,5-6,10H2,1-2,4H3. The molecule has 2 heteroatoms. The Morgan fingerprint density at radius 1 is 1.45 bits per heavy atom. The maximum atomic E-state index is 5.48. The minimum absolute atomic E-state index is 0.290. The molecular formula is C9H19NO. The quantitative estimate of drug-likeness (QED) is 0.615. The molecule has 2 nitrogen and oxygen atoms in total. The third kappa shape index (κ3) is 4.99. The molecule has 0 radical (unpaired) electrons. The Morgan fingerprint density at radius 2 is 2.00 bits per heavy atom. The van der Waals surface area contributed by atoms with Crippen LogP contribution in [0.2, 0.25) is 0 Å². The van der Waals surface area contributed by atoms with E-state index in [0.29, 0.717) is 25.2 Å². The van der Waals surface area contributed by atoms with Gasteiger partial charge in [0, 0.05) is 6.54 Å². The first-order valence-corrected chi connectivity index (χ1v) is 4.06. The van der Waals surface area contributed by atoms with Crippen molar-refractivity contribution in [2.24, 2.45) is 11.7 Å². The van der Waals surface area contributed by atoms with E-state index in [-0.39, 0.29) is 0 Å². The highest BCUT2D eigenvalue weighted by Crippen LogP contribution is 2.05. The van der Waals surface area contributed by atoms with Crippen LogP contribution in [0.25, 0.3) is 0 Å². The van der Waals surface area contributed by atoms with Crippen LogP contribution in [-0.2, 0) is 4.74 Å². The van der Waals surface area contributed by atoms with Crippen molar-refractivity contribution in [3.63, 3.8) is 0 Å². The van der Waals surface area contributed by atoms with E-state index >= 15 is 0 Å². The smallest absolute Gasteiger partial charge is 0.0690 e. The van der Waals surface area contributed by atoms with E-state index < -0.39 is 0 Å². The summed E-state index contributed by atoms with van der Waals surface area (Å²) in [4.78, 5) is 0. The summed E-state index contributed by atoms with van der Waals surface area (Å²) in [6.07, 6.45) is 0.290. The van der Waals surface area contributed by atoms with E-state index in [0.717, 1.165) is 5.57 Å². The topological polar surface area (TPSA) is 35.2 Å². The molecule has 0 aliphatic heterocycles. The van der Waals surface area contributed by atoms with Gasteiger partial charge in [0.2, 0.25) is 0 Å². The maximum Gasteiger partial charge on any atom is 0.0690 e. The second-order valence-corrected chi connectivity index (χ2v) is 3.21. The number of rotatable bonds is 5. The summed E-state index contributed by atoms with van der Waals surface area (Å²) in [5.41, 5.74) is 6.31. The first-order valence-electron chi connectivity index (χ1n) is 4.06. The van der Waals surface area contributed by atoms with Crippen molar-refractivity contribution in [1.29, 1.82) is 0 Å². The Labute approximate surface area is 69.4 Å². The van der Waals surface area contributed by atoms with Gasteiger partial charge >= 0.3 is 0 Å². The van der Waals surface area contributed by atoms with Crippen LogP contribution in [0, 0.1) is 5.92 Å². The summed E-state index contributed by atoms with van der Waals surface area (Å²) in [5.74, 6) is 0.556. The lowest BCUT2D eigenvalue weighted by atomic mass is 10.1. The summed E-state index contributed by atoms with van der Waals surface area (Å²) in [5, 5.41) is 0. The Hall–Kier alpha value is -0.340. The van der Waals surface area contributed by atoms with Gasteiger partial charge in [-0.2, -0.15) is 0 Å². The lowest BCUT2D eigenvalue weighted by Gasteiger charge is -2.16. The lowest BCUT2D eigenvalue weighted by Crippen LogP contribution is -2.18. The van der Waals surface area contributed by atoms with Crippen molar-refractivity contribution in [3.05, 3.63) is 12.2 Å². The Kier molecular flexibility index (Phi) is 5.16. The summed E-state index contributed by atoms with van der Waals surface area (Å²) in [6.45, 7) is 11.2. The van der Waals surface area contributed by atoms with Gasteiger partial charge in [0.1, 0.15) is 0 Å². The molecule has 0 aromatic heterocycles. The van der Waals surface area contributed by atoms with Crippen molar-refractivity contribution < 1.29 is 4.74 Å². The molecule has 0 saturated heterocycles. The fourth-order valence-corrected chi connectivity index (χ4v) is 0.501. The fourth-order valence-electron chi connectivity index (χ4n) is 0.501. The van der Waals surface area contributed by atoms with Crippen LogP contribution in [0.5, 0.6) is 0 Å². The molecule has 0 amide bonds. The molecule has 0 heterocycles. The third-order valence-electron chi connectivity index (χ3n) is 1.78. The monoisotopic (exact) mass is 157 g/mol. The molecule has 0 saturated carbocycles. The predicted molar refractivity (Wildman–Crippen MR) is 48.4 cm³/mol. The van der Waals surface area contributed by atoms with E-state index in [4.69, 9.17) is 10.5 Å². The molecule has 1 unspecified atom stereocenters. The normalized spacial score (nSPS) is 13.5. The molecule has 11 heavy (non-hydrogen) atoms. The van der Waals surface area contributed by atoms with E-state index in [1.807, 2.05) is 0 Å². The zero-order valence-corrected chi connectivity index (χ0v) is 7.76. The van der Waals surface area contributed by atoms with Crippen LogP contribution in [0.4, 0.5) is 0 Å². The average molecular weight is 157 g/mol. The van der Waals surface area contributed by atoms with E-state index in [1.165, 1.54) is 0 Å². The maximum absolute atomic E-state index is 5.48. The van der Waals surface area contributed by atoms with Crippen molar-refractivity contribution in [2.75, 3.05) is 13.2 Å².